The molecule has 0 amide bonds. The minimum absolute atomic E-state index is 1.00. The van der Waals surface area contributed by atoms with Gasteiger partial charge in [0.05, 0.1) is 0 Å². The summed E-state index contributed by atoms with van der Waals surface area (Å²) in [6.07, 6.45) is 0. The Morgan fingerprint density at radius 1 is 0.295 bits per heavy atom. The molecule has 8 aromatic rings. The third-order valence-corrected chi connectivity index (χ3v) is 8.30. The van der Waals surface area contributed by atoms with E-state index in [0.717, 1.165) is 33.0 Å². The standard InChI is InChI=1S/C44H26/c1-5-13-31(14-6-1)21-23-35-29-41(33-17-9-3-10-18-33)39-28-26-38-36(24-22-32-15-7-2-8-16-32)30-42(34-19-11-4-12-20-34)40-27-25-37(35)43(39)44(38)40/h1-20,25-30H. The molecule has 0 saturated heterocycles. The van der Waals surface area contributed by atoms with E-state index in [9.17, 15) is 0 Å². The molecular weight excluding hydrogens is 528 g/mol. The van der Waals surface area contributed by atoms with Gasteiger partial charge in [-0.05, 0) is 91.0 Å². The highest BCUT2D eigenvalue weighted by Crippen LogP contribution is 2.44. The smallest absolute Gasteiger partial charge is 0.0334 e. The van der Waals surface area contributed by atoms with Crippen LogP contribution in [0.15, 0.2) is 158 Å². The summed E-state index contributed by atoms with van der Waals surface area (Å²) in [5, 5.41) is 7.24. The normalized spacial score (nSPS) is 10.8. The molecular formula is C44H26. The fourth-order valence-electron chi connectivity index (χ4n) is 6.23. The van der Waals surface area contributed by atoms with Crippen molar-refractivity contribution in [3.8, 4) is 45.9 Å². The molecule has 202 valence electrons. The van der Waals surface area contributed by atoms with Gasteiger partial charge in [0.2, 0.25) is 0 Å². The average Bonchev–Trinajstić information content (AvgIpc) is 3.10. The summed E-state index contributed by atoms with van der Waals surface area (Å²) >= 11 is 0. The third kappa shape index (κ3) is 4.57. The monoisotopic (exact) mass is 554 g/mol. The minimum Gasteiger partial charge on any atom is -0.0622 e. The summed E-state index contributed by atoms with van der Waals surface area (Å²) in [7, 11) is 0. The van der Waals surface area contributed by atoms with Crippen molar-refractivity contribution in [1.29, 1.82) is 0 Å². The molecule has 0 fully saturated rings. The summed E-state index contributed by atoms with van der Waals surface area (Å²) in [6.45, 7) is 0. The maximum atomic E-state index is 3.56. The predicted molar refractivity (Wildman–Crippen MR) is 186 cm³/mol. The van der Waals surface area contributed by atoms with Gasteiger partial charge in [-0.15, -0.1) is 0 Å². The molecule has 0 spiro atoms. The summed E-state index contributed by atoms with van der Waals surface area (Å²) in [4.78, 5) is 0. The number of hydrogen-bond donors (Lipinski definition) is 0. The van der Waals surface area contributed by atoms with Crippen LogP contribution < -0.4 is 0 Å². The Labute approximate surface area is 257 Å². The lowest BCUT2D eigenvalue weighted by Crippen LogP contribution is -1.94. The van der Waals surface area contributed by atoms with E-state index in [1.807, 2.05) is 36.4 Å². The second kappa shape index (κ2) is 11.0. The Hall–Kier alpha value is -6.08. The predicted octanol–water partition coefficient (Wildman–Crippen LogP) is 10.7. The Bertz CT molecular complexity index is 2220. The van der Waals surface area contributed by atoms with Crippen LogP contribution in [0.25, 0.3) is 54.6 Å². The first-order valence-electron chi connectivity index (χ1n) is 14.9. The van der Waals surface area contributed by atoms with E-state index in [4.69, 9.17) is 0 Å². The number of hydrogen-bond acceptors (Lipinski definition) is 0. The molecule has 8 aromatic carbocycles. The molecule has 0 heteroatoms. The number of benzene rings is 8. The van der Waals surface area contributed by atoms with Crippen molar-refractivity contribution in [3.05, 3.63) is 180 Å². The molecule has 8 rings (SSSR count). The van der Waals surface area contributed by atoms with Crippen LogP contribution in [-0.4, -0.2) is 0 Å². The van der Waals surface area contributed by atoms with Crippen LogP contribution in [0.2, 0.25) is 0 Å². The van der Waals surface area contributed by atoms with Crippen molar-refractivity contribution in [2.24, 2.45) is 0 Å². The molecule has 0 saturated carbocycles. The fourth-order valence-corrected chi connectivity index (χ4v) is 6.23. The van der Waals surface area contributed by atoms with Gasteiger partial charge in [0.15, 0.2) is 0 Å². The van der Waals surface area contributed by atoms with Crippen molar-refractivity contribution in [2.75, 3.05) is 0 Å². The molecule has 0 bridgehead atoms. The zero-order valence-electron chi connectivity index (χ0n) is 24.0. The average molecular weight is 555 g/mol. The van der Waals surface area contributed by atoms with Crippen molar-refractivity contribution in [3.63, 3.8) is 0 Å². The largest absolute Gasteiger partial charge is 0.0622 e. The van der Waals surface area contributed by atoms with Gasteiger partial charge in [0.25, 0.3) is 0 Å². The third-order valence-electron chi connectivity index (χ3n) is 8.30. The van der Waals surface area contributed by atoms with Gasteiger partial charge in [0, 0.05) is 22.3 Å². The van der Waals surface area contributed by atoms with Crippen LogP contribution >= 0.6 is 0 Å². The number of rotatable bonds is 2. The van der Waals surface area contributed by atoms with Gasteiger partial charge in [-0.25, -0.2) is 0 Å². The Balaban J connectivity index is 1.50. The van der Waals surface area contributed by atoms with Gasteiger partial charge < -0.3 is 0 Å². The molecule has 0 radical (unpaired) electrons. The Kier molecular flexibility index (Phi) is 6.38. The van der Waals surface area contributed by atoms with E-state index in [-0.39, 0.29) is 0 Å². The fraction of sp³-hybridized carbons (Fsp3) is 0. The van der Waals surface area contributed by atoms with Crippen LogP contribution in [0.3, 0.4) is 0 Å². The van der Waals surface area contributed by atoms with Crippen molar-refractivity contribution >= 4 is 32.3 Å². The van der Waals surface area contributed by atoms with Crippen LogP contribution in [0, 0.1) is 23.7 Å². The lowest BCUT2D eigenvalue weighted by molar-refractivity contribution is 1.62. The lowest BCUT2D eigenvalue weighted by atomic mass is 9.84. The SMILES string of the molecule is C(#Cc1cc(-c2ccccc2)c2ccc3c(C#Cc4ccccc4)cc(-c4ccccc4)c4ccc1c2c34)c1ccccc1. The van der Waals surface area contributed by atoms with Crippen molar-refractivity contribution in [1.82, 2.24) is 0 Å². The summed E-state index contributed by atoms with van der Waals surface area (Å²) in [6, 6.07) is 55.3. The molecule has 0 aliphatic carbocycles. The lowest BCUT2D eigenvalue weighted by Gasteiger charge is -2.19. The zero-order chi connectivity index (χ0) is 29.3. The minimum atomic E-state index is 1.00. The maximum Gasteiger partial charge on any atom is 0.0334 e. The second-order valence-corrected chi connectivity index (χ2v) is 11.0. The Morgan fingerprint density at radius 3 is 1.02 bits per heavy atom. The van der Waals surface area contributed by atoms with Gasteiger partial charge in [-0.2, -0.15) is 0 Å². The molecule has 0 aliphatic rings. The van der Waals surface area contributed by atoms with Gasteiger partial charge in [-0.1, -0.05) is 145 Å². The highest BCUT2D eigenvalue weighted by molar-refractivity contribution is 6.29. The summed E-state index contributed by atoms with van der Waals surface area (Å²) in [5.41, 5.74) is 8.79. The first kappa shape index (κ1) is 25.6. The van der Waals surface area contributed by atoms with Crippen molar-refractivity contribution < 1.29 is 0 Å². The summed E-state index contributed by atoms with van der Waals surface area (Å²) in [5.74, 6) is 14.0. The van der Waals surface area contributed by atoms with Gasteiger partial charge in [-0.3, -0.25) is 0 Å². The first-order valence-corrected chi connectivity index (χ1v) is 14.9. The Morgan fingerprint density at radius 2 is 0.636 bits per heavy atom. The molecule has 0 unspecified atom stereocenters. The maximum absolute atomic E-state index is 3.56. The van der Waals surface area contributed by atoms with Crippen LogP contribution in [0.5, 0.6) is 0 Å². The van der Waals surface area contributed by atoms with E-state index in [1.165, 1.54) is 43.8 Å². The molecule has 44 heavy (non-hydrogen) atoms. The van der Waals surface area contributed by atoms with Gasteiger partial charge in [0.1, 0.15) is 0 Å². The second-order valence-electron chi connectivity index (χ2n) is 11.0. The van der Waals surface area contributed by atoms with E-state index < -0.39 is 0 Å². The van der Waals surface area contributed by atoms with E-state index >= 15 is 0 Å². The van der Waals surface area contributed by atoms with Gasteiger partial charge >= 0.3 is 0 Å². The van der Waals surface area contributed by atoms with Crippen molar-refractivity contribution in [2.45, 2.75) is 0 Å². The summed E-state index contributed by atoms with van der Waals surface area (Å²) < 4.78 is 0. The first-order chi connectivity index (χ1) is 21.8. The highest BCUT2D eigenvalue weighted by atomic mass is 14.2. The molecule has 0 aliphatic heterocycles. The molecule has 0 atom stereocenters. The topological polar surface area (TPSA) is 0 Å². The molecule has 0 N–H and O–H groups in total. The van der Waals surface area contributed by atoms with Crippen LogP contribution in [-0.2, 0) is 0 Å². The molecule has 0 nitrogen and oxygen atoms in total. The molecule has 0 aromatic heterocycles. The van der Waals surface area contributed by atoms with E-state index in [1.54, 1.807) is 0 Å². The van der Waals surface area contributed by atoms with E-state index in [0.29, 0.717) is 0 Å². The quantitative estimate of drug-likeness (QED) is 0.147. The van der Waals surface area contributed by atoms with Crippen LogP contribution in [0.4, 0.5) is 0 Å². The highest BCUT2D eigenvalue weighted by Gasteiger charge is 2.19. The van der Waals surface area contributed by atoms with Crippen LogP contribution in [0.1, 0.15) is 22.3 Å². The molecule has 0 heterocycles. The zero-order valence-corrected chi connectivity index (χ0v) is 24.0. The van der Waals surface area contributed by atoms with E-state index in [2.05, 4.69) is 145 Å².